The van der Waals surface area contributed by atoms with Gasteiger partial charge in [-0.15, -0.1) is 0 Å². The minimum absolute atomic E-state index is 0.151. The third-order valence-corrected chi connectivity index (χ3v) is 3.33. The first-order chi connectivity index (χ1) is 8.43. The summed E-state index contributed by atoms with van der Waals surface area (Å²) in [5, 5.41) is 6.82. The lowest BCUT2D eigenvalue weighted by Crippen LogP contribution is -2.41. The predicted octanol–water partition coefficient (Wildman–Crippen LogP) is 4.15. The molecule has 1 aromatic rings. The molecule has 100 valence electrons. The first kappa shape index (κ1) is 15.1. The molecule has 0 aromatic heterocycles. The maximum Gasteiger partial charge on any atom is 0.315 e. The Morgan fingerprint density at radius 2 is 1.94 bits per heavy atom. The van der Waals surface area contributed by atoms with Crippen LogP contribution in [0.4, 0.5) is 4.79 Å². The molecule has 0 aliphatic heterocycles. The van der Waals surface area contributed by atoms with Crippen LogP contribution in [0.1, 0.15) is 38.8 Å². The molecule has 2 amide bonds. The number of carbonyl (C=O) groups is 1. The summed E-state index contributed by atoms with van der Waals surface area (Å²) in [6.07, 6.45) is 0.892. The topological polar surface area (TPSA) is 41.1 Å². The summed E-state index contributed by atoms with van der Waals surface area (Å²) in [6.45, 7) is 5.86. The minimum atomic E-state index is -0.192. The molecule has 0 bridgehead atoms. The van der Waals surface area contributed by atoms with Crippen molar-refractivity contribution in [3.63, 3.8) is 0 Å². The highest BCUT2D eigenvalue weighted by molar-refractivity contribution is 6.35. The van der Waals surface area contributed by atoms with Gasteiger partial charge in [0.1, 0.15) is 0 Å². The maximum atomic E-state index is 11.7. The molecule has 2 atom stereocenters. The van der Waals surface area contributed by atoms with E-state index in [0.717, 1.165) is 12.0 Å². The Bertz CT molecular complexity index is 423. The number of benzene rings is 1. The van der Waals surface area contributed by atoms with Crippen molar-refractivity contribution in [3.05, 3.63) is 33.8 Å². The molecule has 0 fully saturated rings. The van der Waals surface area contributed by atoms with Gasteiger partial charge in [-0.05, 0) is 38.0 Å². The molecule has 0 aliphatic rings. The summed E-state index contributed by atoms with van der Waals surface area (Å²) < 4.78 is 0. The Morgan fingerprint density at radius 3 is 2.50 bits per heavy atom. The number of carbonyl (C=O) groups excluding carboxylic acids is 1. The summed E-state index contributed by atoms with van der Waals surface area (Å²) in [5.41, 5.74) is 0.848. The number of amides is 2. The summed E-state index contributed by atoms with van der Waals surface area (Å²) >= 11 is 11.9. The minimum Gasteiger partial charge on any atom is -0.336 e. The number of hydrogen-bond acceptors (Lipinski definition) is 1. The number of urea groups is 1. The van der Waals surface area contributed by atoms with Crippen molar-refractivity contribution in [3.8, 4) is 0 Å². The first-order valence-corrected chi connectivity index (χ1v) is 6.71. The van der Waals surface area contributed by atoms with Gasteiger partial charge in [-0.3, -0.25) is 0 Å². The average molecular weight is 289 g/mol. The Kier molecular flexibility index (Phi) is 5.76. The second-order valence-electron chi connectivity index (χ2n) is 4.31. The lowest BCUT2D eigenvalue weighted by atomic mass is 10.1. The van der Waals surface area contributed by atoms with Crippen LogP contribution in [0.15, 0.2) is 18.2 Å². The first-order valence-electron chi connectivity index (χ1n) is 5.96. The lowest BCUT2D eigenvalue weighted by molar-refractivity contribution is 0.234. The molecule has 0 radical (unpaired) electrons. The van der Waals surface area contributed by atoms with E-state index >= 15 is 0 Å². The van der Waals surface area contributed by atoms with Crippen molar-refractivity contribution in [1.29, 1.82) is 0 Å². The molecule has 5 heteroatoms. The number of rotatable bonds is 4. The lowest BCUT2D eigenvalue weighted by Gasteiger charge is -2.18. The van der Waals surface area contributed by atoms with E-state index in [-0.39, 0.29) is 18.1 Å². The number of halogens is 2. The van der Waals surface area contributed by atoms with Crippen LogP contribution in [0.3, 0.4) is 0 Å². The van der Waals surface area contributed by atoms with Gasteiger partial charge in [-0.25, -0.2) is 4.79 Å². The van der Waals surface area contributed by atoms with E-state index in [0.29, 0.717) is 10.0 Å². The van der Waals surface area contributed by atoms with Crippen LogP contribution in [0, 0.1) is 0 Å². The molecule has 3 nitrogen and oxygen atoms in total. The molecule has 2 N–H and O–H groups in total. The Labute approximate surface area is 118 Å². The molecule has 0 saturated carbocycles. The smallest absolute Gasteiger partial charge is 0.315 e. The molecule has 1 aromatic carbocycles. The van der Waals surface area contributed by atoms with E-state index in [1.807, 2.05) is 26.8 Å². The summed E-state index contributed by atoms with van der Waals surface area (Å²) in [7, 11) is 0. The van der Waals surface area contributed by atoms with E-state index in [4.69, 9.17) is 23.2 Å². The second-order valence-corrected chi connectivity index (χ2v) is 5.16. The van der Waals surface area contributed by atoms with E-state index in [1.54, 1.807) is 12.1 Å². The molecule has 2 unspecified atom stereocenters. The highest BCUT2D eigenvalue weighted by Gasteiger charge is 2.13. The molecule has 0 heterocycles. The zero-order chi connectivity index (χ0) is 13.7. The molecular formula is C13H18Cl2N2O. The van der Waals surface area contributed by atoms with Crippen LogP contribution >= 0.6 is 23.2 Å². The van der Waals surface area contributed by atoms with Crippen LogP contribution < -0.4 is 10.6 Å². The van der Waals surface area contributed by atoms with Gasteiger partial charge in [-0.2, -0.15) is 0 Å². The van der Waals surface area contributed by atoms with Gasteiger partial charge in [0.05, 0.1) is 6.04 Å². The monoisotopic (exact) mass is 288 g/mol. The second kappa shape index (κ2) is 6.86. The zero-order valence-corrected chi connectivity index (χ0v) is 12.3. The quantitative estimate of drug-likeness (QED) is 0.858. The van der Waals surface area contributed by atoms with Gasteiger partial charge in [0.25, 0.3) is 0 Å². The van der Waals surface area contributed by atoms with E-state index in [2.05, 4.69) is 10.6 Å². The van der Waals surface area contributed by atoms with Gasteiger partial charge in [-0.1, -0.05) is 36.2 Å². The van der Waals surface area contributed by atoms with Crippen molar-refractivity contribution in [2.45, 2.75) is 39.3 Å². The Hall–Kier alpha value is -0.930. The van der Waals surface area contributed by atoms with E-state index in [9.17, 15) is 4.79 Å². The van der Waals surface area contributed by atoms with Crippen LogP contribution in [0.5, 0.6) is 0 Å². The molecule has 0 saturated heterocycles. The standard InChI is InChI=1S/C13H18Cl2N2O/c1-4-8(2)16-13(18)17-9(3)11-6-5-10(14)7-12(11)15/h5-9H,4H2,1-3H3,(H2,16,17,18). The van der Waals surface area contributed by atoms with E-state index < -0.39 is 0 Å². The van der Waals surface area contributed by atoms with Crippen LogP contribution in [-0.4, -0.2) is 12.1 Å². The van der Waals surface area contributed by atoms with Crippen LogP contribution in [0.2, 0.25) is 10.0 Å². The summed E-state index contributed by atoms with van der Waals surface area (Å²) in [4.78, 5) is 11.7. The van der Waals surface area contributed by atoms with Crippen LogP contribution in [-0.2, 0) is 0 Å². The van der Waals surface area contributed by atoms with Crippen molar-refractivity contribution in [1.82, 2.24) is 10.6 Å². The van der Waals surface area contributed by atoms with Gasteiger partial charge in [0.2, 0.25) is 0 Å². The zero-order valence-electron chi connectivity index (χ0n) is 10.8. The highest BCUT2D eigenvalue weighted by Crippen LogP contribution is 2.25. The largest absolute Gasteiger partial charge is 0.336 e. The van der Waals surface area contributed by atoms with Gasteiger partial charge in [0.15, 0.2) is 0 Å². The Morgan fingerprint density at radius 1 is 1.28 bits per heavy atom. The van der Waals surface area contributed by atoms with E-state index in [1.165, 1.54) is 0 Å². The predicted molar refractivity (Wildman–Crippen MR) is 76.3 cm³/mol. The van der Waals surface area contributed by atoms with Crippen LogP contribution in [0.25, 0.3) is 0 Å². The Balaban J connectivity index is 2.64. The molecule has 18 heavy (non-hydrogen) atoms. The van der Waals surface area contributed by atoms with Gasteiger partial charge in [0, 0.05) is 16.1 Å². The molecule has 0 aliphatic carbocycles. The molecule has 0 spiro atoms. The normalized spacial score (nSPS) is 13.8. The fourth-order valence-corrected chi connectivity index (χ4v) is 2.07. The summed E-state index contributed by atoms with van der Waals surface area (Å²) in [6, 6.07) is 5.04. The SMILES string of the molecule is CCC(C)NC(=O)NC(C)c1ccc(Cl)cc1Cl. The van der Waals surface area contributed by atoms with Crippen molar-refractivity contribution in [2.24, 2.45) is 0 Å². The van der Waals surface area contributed by atoms with Gasteiger partial charge >= 0.3 is 6.03 Å². The third kappa shape index (κ3) is 4.39. The fraction of sp³-hybridized carbons (Fsp3) is 0.462. The summed E-state index contributed by atoms with van der Waals surface area (Å²) in [5.74, 6) is 0. The molecule has 1 rings (SSSR count). The van der Waals surface area contributed by atoms with Crippen molar-refractivity contribution >= 4 is 29.2 Å². The number of nitrogens with one attached hydrogen (secondary N) is 2. The average Bonchev–Trinajstić information content (AvgIpc) is 2.28. The number of hydrogen-bond donors (Lipinski definition) is 2. The fourth-order valence-electron chi connectivity index (χ4n) is 1.49. The molecular weight excluding hydrogens is 271 g/mol. The maximum absolute atomic E-state index is 11.7. The highest BCUT2D eigenvalue weighted by atomic mass is 35.5. The van der Waals surface area contributed by atoms with Crippen molar-refractivity contribution < 1.29 is 4.79 Å². The third-order valence-electron chi connectivity index (χ3n) is 2.77. The van der Waals surface area contributed by atoms with Crippen molar-refractivity contribution in [2.75, 3.05) is 0 Å². The van der Waals surface area contributed by atoms with Gasteiger partial charge < -0.3 is 10.6 Å².